The average Bonchev–Trinajstić information content (AvgIpc) is 3.48. The van der Waals surface area contributed by atoms with Gasteiger partial charge in [0.2, 0.25) is 5.12 Å². The van der Waals surface area contributed by atoms with Crippen molar-refractivity contribution in [2.75, 3.05) is 5.75 Å². The quantitative estimate of drug-likeness (QED) is 0.127. The molecule has 0 unspecified atom stereocenters. The molecule has 0 saturated heterocycles. The van der Waals surface area contributed by atoms with Crippen LogP contribution in [-0.2, 0) is 19.4 Å². The third-order valence-corrected chi connectivity index (χ3v) is 9.61. The van der Waals surface area contributed by atoms with Crippen LogP contribution in [-0.4, -0.2) is 48.4 Å². The van der Waals surface area contributed by atoms with Crippen molar-refractivity contribution in [2.24, 2.45) is 0 Å². The Hall–Kier alpha value is -5.54. The SMILES string of the molecule is CCCc1nc2c(C)cc(C(=O)N[C@@H](CSC(=O)c3ccccn3)Cc3ccccc3)cc2n1Cc1ccc(-c2ccccc2C(=O)O)cc1. The number of carbonyl (C=O) groups excluding carboxylic acids is 2. The summed E-state index contributed by atoms with van der Waals surface area (Å²) in [7, 11) is 0. The van der Waals surface area contributed by atoms with E-state index in [0.29, 0.717) is 35.5 Å². The molecule has 9 heteroatoms. The van der Waals surface area contributed by atoms with Crippen molar-refractivity contribution < 1.29 is 19.5 Å². The van der Waals surface area contributed by atoms with Crippen molar-refractivity contribution in [3.63, 3.8) is 0 Å². The number of hydrogen-bond acceptors (Lipinski definition) is 6. The van der Waals surface area contributed by atoms with Gasteiger partial charge in [-0.3, -0.25) is 14.6 Å². The summed E-state index contributed by atoms with van der Waals surface area (Å²) in [5.41, 5.74) is 7.41. The monoisotopic (exact) mass is 682 g/mol. The molecule has 2 N–H and O–H groups in total. The maximum atomic E-state index is 13.9. The molecule has 6 aromatic rings. The zero-order chi connectivity index (χ0) is 35.0. The predicted molar refractivity (Wildman–Crippen MR) is 199 cm³/mol. The van der Waals surface area contributed by atoms with E-state index in [1.165, 1.54) is 0 Å². The first kappa shape index (κ1) is 34.3. The molecule has 50 heavy (non-hydrogen) atoms. The van der Waals surface area contributed by atoms with Crippen LogP contribution in [0.5, 0.6) is 0 Å². The van der Waals surface area contributed by atoms with E-state index in [4.69, 9.17) is 4.98 Å². The number of imidazole rings is 1. The maximum absolute atomic E-state index is 13.9. The molecule has 0 aliphatic carbocycles. The lowest BCUT2D eigenvalue weighted by atomic mass is 9.98. The van der Waals surface area contributed by atoms with E-state index in [0.717, 1.165) is 63.7 Å². The van der Waals surface area contributed by atoms with E-state index in [1.807, 2.05) is 85.8 Å². The fourth-order valence-electron chi connectivity index (χ4n) is 6.11. The Balaban J connectivity index is 1.27. The van der Waals surface area contributed by atoms with E-state index >= 15 is 0 Å². The fraction of sp³-hybridized carbons (Fsp3) is 0.195. The van der Waals surface area contributed by atoms with Gasteiger partial charge in [0.25, 0.3) is 5.91 Å². The molecule has 0 bridgehead atoms. The van der Waals surface area contributed by atoms with Gasteiger partial charge in [0, 0.05) is 36.5 Å². The van der Waals surface area contributed by atoms with Crippen LogP contribution < -0.4 is 5.32 Å². The van der Waals surface area contributed by atoms with Gasteiger partial charge in [0.05, 0.1) is 16.6 Å². The summed E-state index contributed by atoms with van der Waals surface area (Å²) in [6, 6.07) is 33.6. The van der Waals surface area contributed by atoms with E-state index < -0.39 is 5.97 Å². The van der Waals surface area contributed by atoms with Gasteiger partial charge in [-0.15, -0.1) is 0 Å². The van der Waals surface area contributed by atoms with Crippen LogP contribution in [0.1, 0.15) is 67.1 Å². The Bertz CT molecular complexity index is 2130. The third kappa shape index (κ3) is 8.01. The number of aryl methyl sites for hydroxylation is 2. The number of aromatic nitrogens is 3. The standard InChI is InChI=1S/C41H38N4O4S/c1-3-11-37-44-38-27(2)22-31(24-36(38)45(37)25-29-17-19-30(20-18-29)33-14-7-8-15-34(33)40(47)48)39(46)43-32(23-28-12-5-4-6-13-28)26-50-41(49)35-16-9-10-21-42-35/h4-10,12-22,24,32H,3,11,23,25-26H2,1-2H3,(H,43,46)(H,47,48)/t32-/m1/s1. The number of nitrogens with one attached hydrogen (secondary N) is 1. The van der Waals surface area contributed by atoms with Crippen molar-refractivity contribution in [3.05, 3.63) is 155 Å². The van der Waals surface area contributed by atoms with Crippen LogP contribution in [0.4, 0.5) is 0 Å². The second-order valence-corrected chi connectivity index (χ2v) is 13.2. The summed E-state index contributed by atoms with van der Waals surface area (Å²) in [6.07, 6.45) is 3.86. The van der Waals surface area contributed by atoms with Crippen molar-refractivity contribution in [2.45, 2.75) is 45.7 Å². The summed E-state index contributed by atoms with van der Waals surface area (Å²) in [6.45, 7) is 4.64. The molecule has 0 spiro atoms. The minimum atomic E-state index is -0.961. The number of carboxylic acids is 1. The Morgan fingerprint density at radius 2 is 1.62 bits per heavy atom. The first-order valence-corrected chi connectivity index (χ1v) is 17.6. The van der Waals surface area contributed by atoms with Crippen molar-refractivity contribution in [1.29, 1.82) is 0 Å². The number of thioether (sulfide) groups is 1. The van der Waals surface area contributed by atoms with Crippen LogP contribution in [0.2, 0.25) is 0 Å². The van der Waals surface area contributed by atoms with Crippen LogP contribution >= 0.6 is 11.8 Å². The molecule has 0 aliphatic rings. The number of aromatic carboxylic acids is 1. The van der Waals surface area contributed by atoms with Crippen molar-refractivity contribution >= 4 is 39.8 Å². The van der Waals surface area contributed by atoms with Gasteiger partial charge in [-0.05, 0) is 77.9 Å². The molecule has 2 aromatic heterocycles. The number of nitrogens with zero attached hydrogens (tertiary/aromatic N) is 3. The molecule has 0 radical (unpaired) electrons. The topological polar surface area (TPSA) is 114 Å². The first-order valence-electron chi connectivity index (χ1n) is 16.6. The third-order valence-electron chi connectivity index (χ3n) is 8.57. The van der Waals surface area contributed by atoms with Gasteiger partial charge >= 0.3 is 5.97 Å². The van der Waals surface area contributed by atoms with Gasteiger partial charge in [-0.25, -0.2) is 9.78 Å². The van der Waals surface area contributed by atoms with Crippen molar-refractivity contribution in [1.82, 2.24) is 19.9 Å². The molecule has 1 amide bonds. The van der Waals surface area contributed by atoms with Crippen LogP contribution in [0.3, 0.4) is 0 Å². The maximum Gasteiger partial charge on any atom is 0.336 e. The molecule has 252 valence electrons. The highest BCUT2D eigenvalue weighted by atomic mass is 32.2. The number of benzene rings is 4. The van der Waals surface area contributed by atoms with Crippen LogP contribution in [0.15, 0.2) is 115 Å². The smallest absolute Gasteiger partial charge is 0.336 e. The Labute approximate surface area is 295 Å². The molecule has 0 saturated carbocycles. The number of amides is 1. The van der Waals surface area contributed by atoms with Gasteiger partial charge in [0.1, 0.15) is 11.5 Å². The highest BCUT2D eigenvalue weighted by Gasteiger charge is 2.21. The minimum absolute atomic E-state index is 0.137. The normalized spacial score (nSPS) is 11.7. The predicted octanol–water partition coefficient (Wildman–Crippen LogP) is 8.02. The van der Waals surface area contributed by atoms with Gasteiger partial charge in [0.15, 0.2) is 0 Å². The summed E-state index contributed by atoms with van der Waals surface area (Å²) < 4.78 is 2.17. The molecular formula is C41H38N4O4S. The summed E-state index contributed by atoms with van der Waals surface area (Å²) in [5.74, 6) is 0.156. The Morgan fingerprint density at radius 1 is 0.880 bits per heavy atom. The number of hydrogen-bond donors (Lipinski definition) is 2. The highest BCUT2D eigenvalue weighted by Crippen LogP contribution is 2.27. The van der Waals surface area contributed by atoms with E-state index in [-0.39, 0.29) is 22.6 Å². The lowest BCUT2D eigenvalue weighted by Gasteiger charge is -2.19. The van der Waals surface area contributed by atoms with Gasteiger partial charge < -0.3 is 15.0 Å². The molecule has 0 aliphatic heterocycles. The number of pyridine rings is 1. The second-order valence-electron chi connectivity index (χ2n) is 12.2. The Morgan fingerprint density at radius 3 is 2.34 bits per heavy atom. The van der Waals surface area contributed by atoms with E-state index in [1.54, 1.807) is 36.5 Å². The summed E-state index contributed by atoms with van der Waals surface area (Å²) in [4.78, 5) is 47.8. The molecule has 1 atom stereocenters. The number of carbonyl (C=O) groups is 3. The number of carboxylic acid groups (broad SMARTS) is 1. The second kappa shape index (κ2) is 15.8. The fourth-order valence-corrected chi connectivity index (χ4v) is 6.93. The van der Waals surface area contributed by atoms with Crippen molar-refractivity contribution in [3.8, 4) is 11.1 Å². The number of fused-ring (bicyclic) bond motifs is 1. The first-order chi connectivity index (χ1) is 24.3. The van der Waals surface area contributed by atoms with Gasteiger partial charge in [-0.2, -0.15) is 0 Å². The Kier molecular flexibility index (Phi) is 10.8. The molecule has 4 aromatic carbocycles. The number of rotatable bonds is 13. The molecule has 6 rings (SSSR count). The zero-order valence-electron chi connectivity index (χ0n) is 28.0. The summed E-state index contributed by atoms with van der Waals surface area (Å²) in [5, 5.41) is 12.7. The lowest BCUT2D eigenvalue weighted by Crippen LogP contribution is -2.38. The van der Waals surface area contributed by atoms with E-state index in [9.17, 15) is 19.5 Å². The average molecular weight is 683 g/mol. The highest BCUT2D eigenvalue weighted by molar-refractivity contribution is 8.14. The lowest BCUT2D eigenvalue weighted by molar-refractivity contribution is 0.0697. The minimum Gasteiger partial charge on any atom is -0.478 e. The summed E-state index contributed by atoms with van der Waals surface area (Å²) >= 11 is 1.15. The largest absolute Gasteiger partial charge is 0.478 e. The molecule has 8 nitrogen and oxygen atoms in total. The molecule has 2 heterocycles. The van der Waals surface area contributed by atoms with E-state index in [2.05, 4.69) is 21.8 Å². The molecular weight excluding hydrogens is 645 g/mol. The molecule has 0 fully saturated rings. The van der Waals surface area contributed by atoms with Crippen LogP contribution in [0.25, 0.3) is 22.2 Å². The zero-order valence-corrected chi connectivity index (χ0v) is 28.8. The van der Waals surface area contributed by atoms with Gasteiger partial charge in [-0.1, -0.05) is 97.5 Å². The van der Waals surface area contributed by atoms with Crippen LogP contribution in [0, 0.1) is 6.92 Å².